The second-order valence-electron chi connectivity index (χ2n) is 4.55. The van der Waals surface area contributed by atoms with Gasteiger partial charge < -0.3 is 0 Å². The summed E-state index contributed by atoms with van der Waals surface area (Å²) >= 11 is 0. The molecule has 0 aliphatic carbocycles. The third-order valence-electron chi connectivity index (χ3n) is 3.30. The predicted octanol–water partition coefficient (Wildman–Crippen LogP) is 3.46. The Labute approximate surface area is 112 Å². The van der Waals surface area contributed by atoms with Gasteiger partial charge in [-0.3, -0.25) is 4.84 Å². The zero-order valence-electron chi connectivity index (χ0n) is 10.4. The van der Waals surface area contributed by atoms with E-state index in [9.17, 15) is 0 Å². The maximum atomic E-state index is 9.09. The number of benzene rings is 2. The summed E-state index contributed by atoms with van der Waals surface area (Å²) in [7, 11) is 0. The van der Waals surface area contributed by atoms with Crippen molar-refractivity contribution in [2.45, 2.75) is 18.6 Å². The fourth-order valence-electron chi connectivity index (χ4n) is 2.39. The van der Waals surface area contributed by atoms with Crippen molar-refractivity contribution >= 4 is 5.69 Å². The molecule has 0 N–H and O–H groups in total. The molecule has 0 saturated carbocycles. The Morgan fingerprint density at radius 1 is 1.00 bits per heavy atom. The molecule has 1 saturated heterocycles. The Bertz CT molecular complexity index is 529. The number of hydrogen-bond acceptors (Lipinski definition) is 3. The second-order valence-corrected chi connectivity index (χ2v) is 4.55. The smallest absolute Gasteiger partial charge is 0.174 e. The van der Waals surface area contributed by atoms with Crippen LogP contribution in [0.2, 0.25) is 0 Å². The monoisotopic (exact) mass is 250 g/mol. The number of hydrogen-bond donors (Lipinski definition) is 0. The van der Waals surface area contributed by atoms with E-state index >= 15 is 0 Å². The van der Waals surface area contributed by atoms with Crippen molar-refractivity contribution in [3.05, 3.63) is 66.2 Å². The normalized spacial score (nSPS) is 22.2. The lowest BCUT2D eigenvalue weighted by Gasteiger charge is -2.24. The molecular formula is C16H14N2O. The summed E-state index contributed by atoms with van der Waals surface area (Å²) in [6, 6.07) is 22.4. The quantitative estimate of drug-likeness (QED) is 0.819. The van der Waals surface area contributed by atoms with E-state index in [1.165, 1.54) is 5.56 Å². The zero-order chi connectivity index (χ0) is 13.1. The summed E-state index contributed by atoms with van der Waals surface area (Å²) in [5.41, 5.74) is 2.15. The van der Waals surface area contributed by atoms with Crippen molar-refractivity contribution in [3.63, 3.8) is 0 Å². The molecule has 1 aliphatic heterocycles. The molecule has 0 bridgehead atoms. The van der Waals surface area contributed by atoms with Crippen LogP contribution in [-0.4, -0.2) is 6.10 Å². The van der Waals surface area contributed by atoms with E-state index in [2.05, 4.69) is 18.2 Å². The van der Waals surface area contributed by atoms with Crippen LogP contribution < -0.4 is 5.06 Å². The molecule has 0 unspecified atom stereocenters. The lowest BCUT2D eigenvalue weighted by molar-refractivity contribution is 0.118. The van der Waals surface area contributed by atoms with Crippen LogP contribution in [0.1, 0.15) is 18.0 Å². The van der Waals surface area contributed by atoms with E-state index < -0.39 is 0 Å². The molecule has 0 amide bonds. The van der Waals surface area contributed by atoms with Gasteiger partial charge in [0.15, 0.2) is 6.10 Å². The van der Waals surface area contributed by atoms with Crippen molar-refractivity contribution < 1.29 is 4.84 Å². The highest BCUT2D eigenvalue weighted by Crippen LogP contribution is 2.37. The SMILES string of the molecule is N#C[C@H]1C[C@@H](c2ccccc2)N(c2ccccc2)O1. The molecule has 19 heavy (non-hydrogen) atoms. The van der Waals surface area contributed by atoms with Gasteiger partial charge >= 0.3 is 0 Å². The van der Waals surface area contributed by atoms with Gasteiger partial charge in [-0.2, -0.15) is 5.26 Å². The molecule has 3 nitrogen and oxygen atoms in total. The Hall–Kier alpha value is -2.31. The first kappa shape index (κ1) is 11.8. The highest BCUT2D eigenvalue weighted by molar-refractivity contribution is 5.47. The summed E-state index contributed by atoms with van der Waals surface area (Å²) in [5, 5.41) is 10.9. The lowest BCUT2D eigenvalue weighted by Crippen LogP contribution is -2.21. The van der Waals surface area contributed by atoms with E-state index in [0.29, 0.717) is 6.42 Å². The third kappa shape index (κ3) is 2.31. The fraction of sp³-hybridized carbons (Fsp3) is 0.188. The number of anilines is 1. The first-order chi connectivity index (χ1) is 9.38. The number of para-hydroxylation sites is 1. The van der Waals surface area contributed by atoms with E-state index in [0.717, 1.165) is 5.69 Å². The summed E-state index contributed by atoms with van der Waals surface area (Å²) in [6.45, 7) is 0. The van der Waals surface area contributed by atoms with Crippen LogP contribution in [0.5, 0.6) is 0 Å². The molecule has 0 radical (unpaired) electrons. The van der Waals surface area contributed by atoms with Crippen LogP contribution >= 0.6 is 0 Å². The van der Waals surface area contributed by atoms with Gasteiger partial charge in [0.1, 0.15) is 0 Å². The Balaban J connectivity index is 1.95. The standard InChI is InChI=1S/C16H14N2O/c17-12-15-11-16(13-7-3-1-4-8-13)18(19-15)14-9-5-2-6-10-14/h1-10,15-16H,11H2/t15-,16+/m1/s1. The van der Waals surface area contributed by atoms with Gasteiger partial charge in [-0.1, -0.05) is 48.5 Å². The molecule has 3 heteroatoms. The molecule has 2 atom stereocenters. The highest BCUT2D eigenvalue weighted by atomic mass is 16.7. The summed E-state index contributed by atoms with van der Waals surface area (Å²) in [4.78, 5) is 5.74. The van der Waals surface area contributed by atoms with E-state index in [-0.39, 0.29) is 12.1 Å². The number of nitrogens with zero attached hydrogens (tertiary/aromatic N) is 2. The molecular weight excluding hydrogens is 236 g/mol. The Kier molecular flexibility index (Phi) is 3.18. The van der Waals surface area contributed by atoms with Crippen molar-refractivity contribution in [3.8, 4) is 6.07 Å². The van der Waals surface area contributed by atoms with Crippen molar-refractivity contribution in [2.24, 2.45) is 0 Å². The van der Waals surface area contributed by atoms with Gasteiger partial charge in [-0.25, -0.2) is 5.06 Å². The minimum atomic E-state index is -0.384. The summed E-state index contributed by atoms with van der Waals surface area (Å²) in [5.74, 6) is 0. The molecule has 0 aromatic heterocycles. The summed E-state index contributed by atoms with van der Waals surface area (Å²) < 4.78 is 0. The number of hydroxylamine groups is 1. The van der Waals surface area contributed by atoms with Crippen LogP contribution in [0.25, 0.3) is 0 Å². The zero-order valence-corrected chi connectivity index (χ0v) is 10.4. The fourth-order valence-corrected chi connectivity index (χ4v) is 2.39. The van der Waals surface area contributed by atoms with E-state index in [1.54, 1.807) is 0 Å². The summed E-state index contributed by atoms with van der Waals surface area (Å²) in [6.07, 6.45) is 0.306. The van der Waals surface area contributed by atoms with Gasteiger partial charge in [0, 0.05) is 6.42 Å². The minimum Gasteiger partial charge on any atom is -0.254 e. The Morgan fingerprint density at radius 2 is 1.63 bits per heavy atom. The second kappa shape index (κ2) is 5.13. The lowest BCUT2D eigenvalue weighted by atomic mass is 10.0. The first-order valence-corrected chi connectivity index (χ1v) is 6.34. The maximum absolute atomic E-state index is 9.09. The molecule has 2 aromatic carbocycles. The first-order valence-electron chi connectivity index (χ1n) is 6.34. The predicted molar refractivity (Wildman–Crippen MR) is 73.2 cm³/mol. The molecule has 1 heterocycles. The topological polar surface area (TPSA) is 36.3 Å². The number of rotatable bonds is 2. The third-order valence-corrected chi connectivity index (χ3v) is 3.30. The molecule has 94 valence electrons. The van der Waals surface area contributed by atoms with Gasteiger partial charge in [-0.05, 0) is 17.7 Å². The van der Waals surface area contributed by atoms with Crippen LogP contribution in [-0.2, 0) is 4.84 Å². The molecule has 2 aromatic rings. The van der Waals surface area contributed by atoms with Crippen molar-refractivity contribution in [1.29, 1.82) is 5.26 Å². The number of nitriles is 1. The average Bonchev–Trinajstić information content (AvgIpc) is 2.93. The van der Waals surface area contributed by atoms with Gasteiger partial charge in [0.25, 0.3) is 0 Å². The molecule has 0 spiro atoms. The van der Waals surface area contributed by atoms with E-state index in [4.69, 9.17) is 10.1 Å². The highest BCUT2D eigenvalue weighted by Gasteiger charge is 2.34. The average molecular weight is 250 g/mol. The molecule has 1 fully saturated rings. The van der Waals surface area contributed by atoms with Gasteiger partial charge in [-0.15, -0.1) is 0 Å². The van der Waals surface area contributed by atoms with Crippen LogP contribution in [0.3, 0.4) is 0 Å². The molecule has 3 rings (SSSR count). The van der Waals surface area contributed by atoms with Crippen LogP contribution in [0.4, 0.5) is 5.69 Å². The largest absolute Gasteiger partial charge is 0.254 e. The Morgan fingerprint density at radius 3 is 2.26 bits per heavy atom. The van der Waals surface area contributed by atoms with Crippen LogP contribution in [0.15, 0.2) is 60.7 Å². The van der Waals surface area contributed by atoms with Crippen molar-refractivity contribution in [2.75, 3.05) is 5.06 Å². The maximum Gasteiger partial charge on any atom is 0.174 e. The molecule has 1 aliphatic rings. The minimum absolute atomic E-state index is 0.0910. The van der Waals surface area contributed by atoms with Gasteiger partial charge in [0.2, 0.25) is 0 Å². The van der Waals surface area contributed by atoms with Crippen molar-refractivity contribution in [1.82, 2.24) is 0 Å². The van der Waals surface area contributed by atoms with E-state index in [1.807, 2.05) is 53.6 Å². The van der Waals surface area contributed by atoms with Gasteiger partial charge in [0.05, 0.1) is 17.8 Å². The van der Waals surface area contributed by atoms with Crippen LogP contribution in [0, 0.1) is 11.3 Å².